The van der Waals surface area contributed by atoms with E-state index >= 15 is 0 Å². The van der Waals surface area contributed by atoms with Crippen LogP contribution in [0.4, 0.5) is 0 Å². The lowest BCUT2D eigenvalue weighted by atomic mass is 9.79. The monoisotopic (exact) mass is 207 g/mol. The molecule has 15 heavy (non-hydrogen) atoms. The number of hydrogen-bond donors (Lipinski definition) is 1. The number of carbonyl (C=O) groups is 1. The van der Waals surface area contributed by atoms with Gasteiger partial charge in [-0.3, -0.25) is 4.79 Å². The molecular formula is C13H21NO. The minimum atomic E-state index is 0.234. The van der Waals surface area contributed by atoms with Crippen molar-refractivity contribution in [3.63, 3.8) is 0 Å². The van der Waals surface area contributed by atoms with Crippen LogP contribution in [0.2, 0.25) is 0 Å². The minimum absolute atomic E-state index is 0.234. The first kappa shape index (κ1) is 10.9. The van der Waals surface area contributed by atoms with E-state index in [1.807, 2.05) is 0 Å². The number of carbonyl (C=O) groups excluding carboxylic acids is 1. The lowest BCUT2D eigenvalue weighted by molar-refractivity contribution is -0.120. The summed E-state index contributed by atoms with van der Waals surface area (Å²) >= 11 is 0. The number of nitrogens with two attached hydrogens (primary N) is 1. The van der Waals surface area contributed by atoms with Gasteiger partial charge in [0.25, 0.3) is 0 Å². The van der Waals surface area contributed by atoms with Crippen LogP contribution in [0.5, 0.6) is 0 Å². The topological polar surface area (TPSA) is 43.1 Å². The van der Waals surface area contributed by atoms with Gasteiger partial charge in [-0.05, 0) is 50.5 Å². The number of allylic oxidation sites excluding steroid dienone is 2. The van der Waals surface area contributed by atoms with Crippen LogP contribution < -0.4 is 5.73 Å². The van der Waals surface area contributed by atoms with Gasteiger partial charge in [-0.1, -0.05) is 12.5 Å². The molecule has 0 aromatic carbocycles. The molecule has 1 fully saturated rings. The normalized spacial score (nSPS) is 32.2. The number of ketones is 1. The van der Waals surface area contributed by atoms with Crippen molar-refractivity contribution in [3.05, 3.63) is 11.6 Å². The first-order valence-corrected chi connectivity index (χ1v) is 6.26. The van der Waals surface area contributed by atoms with Gasteiger partial charge in [0, 0.05) is 12.0 Å². The van der Waals surface area contributed by atoms with Crippen LogP contribution in [0.25, 0.3) is 0 Å². The Balaban J connectivity index is 1.97. The molecular weight excluding hydrogens is 186 g/mol. The molecule has 2 nitrogen and oxygen atoms in total. The van der Waals surface area contributed by atoms with E-state index in [4.69, 9.17) is 5.73 Å². The van der Waals surface area contributed by atoms with Crippen molar-refractivity contribution in [1.29, 1.82) is 0 Å². The SMILES string of the molecule is NC1CCCC(C(=O)C2=CCCCC2)C1. The van der Waals surface area contributed by atoms with E-state index in [0.717, 1.165) is 44.1 Å². The van der Waals surface area contributed by atoms with Crippen LogP contribution in [0.15, 0.2) is 11.6 Å². The summed E-state index contributed by atoms with van der Waals surface area (Å²) in [7, 11) is 0. The van der Waals surface area contributed by atoms with Gasteiger partial charge >= 0.3 is 0 Å². The fourth-order valence-corrected chi connectivity index (χ4v) is 2.79. The summed E-state index contributed by atoms with van der Waals surface area (Å²) in [5.41, 5.74) is 7.02. The zero-order chi connectivity index (χ0) is 10.7. The summed E-state index contributed by atoms with van der Waals surface area (Å²) in [4.78, 5) is 12.2. The van der Waals surface area contributed by atoms with Gasteiger partial charge in [-0.2, -0.15) is 0 Å². The largest absolute Gasteiger partial charge is 0.328 e. The van der Waals surface area contributed by atoms with Crippen molar-refractivity contribution in [2.24, 2.45) is 11.7 Å². The summed E-state index contributed by atoms with van der Waals surface area (Å²) in [6.45, 7) is 0. The predicted molar refractivity (Wildman–Crippen MR) is 61.5 cm³/mol. The van der Waals surface area contributed by atoms with Crippen molar-refractivity contribution >= 4 is 5.78 Å². The zero-order valence-electron chi connectivity index (χ0n) is 9.37. The van der Waals surface area contributed by atoms with Gasteiger partial charge in [-0.25, -0.2) is 0 Å². The number of Topliss-reactive ketones (excluding diaryl/α,β-unsaturated/α-hetero) is 1. The molecule has 0 radical (unpaired) electrons. The lowest BCUT2D eigenvalue weighted by Gasteiger charge is -2.27. The molecule has 0 spiro atoms. The average Bonchev–Trinajstić information content (AvgIpc) is 2.29. The molecule has 0 bridgehead atoms. The summed E-state index contributed by atoms with van der Waals surface area (Å²) in [6.07, 6.45) is 10.9. The Morgan fingerprint density at radius 2 is 2.13 bits per heavy atom. The van der Waals surface area contributed by atoms with E-state index < -0.39 is 0 Å². The molecule has 1 saturated carbocycles. The van der Waals surface area contributed by atoms with Crippen LogP contribution in [0, 0.1) is 5.92 Å². The van der Waals surface area contributed by atoms with E-state index in [2.05, 4.69) is 6.08 Å². The Morgan fingerprint density at radius 3 is 2.80 bits per heavy atom. The number of rotatable bonds is 2. The average molecular weight is 207 g/mol. The van der Waals surface area contributed by atoms with Crippen molar-refractivity contribution in [2.75, 3.05) is 0 Å². The van der Waals surface area contributed by atoms with E-state index in [-0.39, 0.29) is 12.0 Å². The molecule has 2 aliphatic rings. The van der Waals surface area contributed by atoms with E-state index in [0.29, 0.717) is 5.78 Å². The highest BCUT2D eigenvalue weighted by molar-refractivity contribution is 5.97. The van der Waals surface area contributed by atoms with Crippen molar-refractivity contribution in [2.45, 2.75) is 57.4 Å². The fraction of sp³-hybridized carbons (Fsp3) is 0.769. The van der Waals surface area contributed by atoms with E-state index in [1.165, 1.54) is 12.8 Å². The fourth-order valence-electron chi connectivity index (χ4n) is 2.79. The van der Waals surface area contributed by atoms with Crippen molar-refractivity contribution < 1.29 is 4.79 Å². The molecule has 2 atom stereocenters. The molecule has 0 aromatic heterocycles. The Bertz CT molecular complexity index is 270. The molecule has 84 valence electrons. The van der Waals surface area contributed by atoms with Gasteiger partial charge in [-0.15, -0.1) is 0 Å². The molecule has 2 rings (SSSR count). The third-order valence-corrected chi connectivity index (χ3v) is 3.69. The second-order valence-electron chi connectivity index (χ2n) is 4.96. The molecule has 0 amide bonds. The molecule has 0 saturated heterocycles. The predicted octanol–water partition coefficient (Wildman–Crippen LogP) is 2.57. The van der Waals surface area contributed by atoms with Crippen LogP contribution in [-0.4, -0.2) is 11.8 Å². The Labute approximate surface area is 91.9 Å². The Kier molecular flexibility index (Phi) is 3.57. The maximum Gasteiger partial charge on any atom is 0.161 e. The van der Waals surface area contributed by atoms with Crippen molar-refractivity contribution in [3.8, 4) is 0 Å². The summed E-state index contributed by atoms with van der Waals surface area (Å²) in [6, 6.07) is 0.261. The molecule has 0 aromatic rings. The highest BCUT2D eigenvalue weighted by atomic mass is 16.1. The lowest BCUT2D eigenvalue weighted by Crippen LogP contribution is -2.32. The molecule has 2 unspecified atom stereocenters. The summed E-state index contributed by atoms with van der Waals surface area (Å²) in [5, 5.41) is 0. The van der Waals surface area contributed by atoms with Crippen molar-refractivity contribution in [1.82, 2.24) is 0 Å². The summed E-state index contributed by atoms with van der Waals surface area (Å²) in [5.74, 6) is 0.642. The van der Waals surface area contributed by atoms with Gasteiger partial charge in [0.1, 0.15) is 0 Å². The Morgan fingerprint density at radius 1 is 1.27 bits per heavy atom. The molecule has 0 aliphatic heterocycles. The maximum atomic E-state index is 12.2. The van der Waals surface area contributed by atoms with Crippen LogP contribution in [0.3, 0.4) is 0 Å². The third-order valence-electron chi connectivity index (χ3n) is 3.69. The third kappa shape index (κ3) is 2.69. The highest BCUT2D eigenvalue weighted by Crippen LogP contribution is 2.29. The standard InChI is InChI=1S/C13H21NO/c14-12-8-4-7-11(9-12)13(15)10-5-2-1-3-6-10/h5,11-12H,1-4,6-9,14H2. The quantitative estimate of drug-likeness (QED) is 0.756. The first-order valence-electron chi connectivity index (χ1n) is 6.26. The van der Waals surface area contributed by atoms with Gasteiger partial charge < -0.3 is 5.73 Å². The van der Waals surface area contributed by atoms with E-state index in [1.54, 1.807) is 0 Å². The molecule has 2 heteroatoms. The molecule has 2 N–H and O–H groups in total. The van der Waals surface area contributed by atoms with Crippen LogP contribution in [-0.2, 0) is 4.79 Å². The highest BCUT2D eigenvalue weighted by Gasteiger charge is 2.27. The molecule has 0 heterocycles. The second kappa shape index (κ2) is 4.93. The summed E-state index contributed by atoms with van der Waals surface area (Å²) < 4.78 is 0. The Hall–Kier alpha value is -0.630. The smallest absolute Gasteiger partial charge is 0.161 e. The zero-order valence-corrected chi connectivity index (χ0v) is 9.37. The van der Waals surface area contributed by atoms with Gasteiger partial charge in [0.15, 0.2) is 5.78 Å². The van der Waals surface area contributed by atoms with Crippen LogP contribution in [0.1, 0.15) is 51.4 Å². The van der Waals surface area contributed by atoms with E-state index in [9.17, 15) is 4.79 Å². The second-order valence-corrected chi connectivity index (χ2v) is 4.96. The maximum absolute atomic E-state index is 12.2. The first-order chi connectivity index (χ1) is 7.27. The number of hydrogen-bond acceptors (Lipinski definition) is 2. The van der Waals surface area contributed by atoms with Crippen LogP contribution >= 0.6 is 0 Å². The van der Waals surface area contributed by atoms with Gasteiger partial charge in [0.05, 0.1) is 0 Å². The van der Waals surface area contributed by atoms with Gasteiger partial charge in [0.2, 0.25) is 0 Å². The molecule has 2 aliphatic carbocycles. The minimum Gasteiger partial charge on any atom is -0.328 e.